The summed E-state index contributed by atoms with van der Waals surface area (Å²) >= 11 is 0. The second-order valence-corrected chi connectivity index (χ2v) is 6.99. The molecule has 1 atom stereocenters. The van der Waals surface area contributed by atoms with Gasteiger partial charge in [0.15, 0.2) is 0 Å². The van der Waals surface area contributed by atoms with Crippen LogP contribution in [0.15, 0.2) is 72.9 Å². The van der Waals surface area contributed by atoms with Crippen molar-refractivity contribution in [2.75, 3.05) is 26.2 Å². The molecule has 3 aromatic rings. The summed E-state index contributed by atoms with van der Waals surface area (Å²) in [4.78, 5) is 5.14. The zero-order chi connectivity index (χ0) is 17.8. The number of aryl methyl sites for hydroxylation is 1. The number of hydrogen-bond acceptors (Lipinski definition) is 3. The molecule has 4 nitrogen and oxygen atoms in total. The topological polar surface area (TPSA) is 24.3 Å². The quantitative estimate of drug-likeness (QED) is 0.708. The van der Waals surface area contributed by atoms with Crippen molar-refractivity contribution in [2.24, 2.45) is 7.05 Å². The van der Waals surface area contributed by atoms with Crippen molar-refractivity contribution < 1.29 is 0 Å². The van der Waals surface area contributed by atoms with Gasteiger partial charge in [-0.3, -0.25) is 14.5 Å². The summed E-state index contributed by atoms with van der Waals surface area (Å²) in [6.45, 7) is 5.36. The van der Waals surface area contributed by atoms with Crippen LogP contribution in [0.3, 0.4) is 0 Å². The Balaban J connectivity index is 1.49. The second kappa shape index (κ2) is 7.85. The Bertz CT molecular complexity index is 804. The highest BCUT2D eigenvalue weighted by Gasteiger charge is 2.28. The molecule has 1 unspecified atom stereocenters. The summed E-state index contributed by atoms with van der Waals surface area (Å²) in [5.74, 6) is 0. The van der Waals surface area contributed by atoms with Crippen LogP contribution in [0.25, 0.3) is 0 Å². The van der Waals surface area contributed by atoms with Gasteiger partial charge in [0.2, 0.25) is 0 Å². The van der Waals surface area contributed by atoms with Gasteiger partial charge in [-0.2, -0.15) is 5.10 Å². The van der Waals surface area contributed by atoms with Crippen LogP contribution in [0.5, 0.6) is 0 Å². The Morgan fingerprint density at radius 2 is 1.50 bits per heavy atom. The van der Waals surface area contributed by atoms with E-state index >= 15 is 0 Å². The monoisotopic (exact) mass is 346 g/mol. The number of piperazine rings is 1. The minimum Gasteiger partial charge on any atom is -0.297 e. The predicted molar refractivity (Wildman–Crippen MR) is 105 cm³/mol. The highest BCUT2D eigenvalue weighted by atomic mass is 15.3. The molecule has 1 saturated heterocycles. The average molecular weight is 346 g/mol. The molecule has 0 aliphatic carbocycles. The zero-order valence-electron chi connectivity index (χ0n) is 15.3. The maximum Gasteiger partial charge on any atom is 0.0774 e. The van der Waals surface area contributed by atoms with Crippen LogP contribution in [-0.4, -0.2) is 45.8 Å². The van der Waals surface area contributed by atoms with Crippen molar-refractivity contribution in [3.05, 3.63) is 89.7 Å². The lowest BCUT2D eigenvalue weighted by Crippen LogP contribution is -2.47. The van der Waals surface area contributed by atoms with E-state index in [1.807, 2.05) is 17.9 Å². The summed E-state index contributed by atoms with van der Waals surface area (Å²) in [6, 6.07) is 24.0. The number of nitrogens with zero attached hydrogens (tertiary/aromatic N) is 4. The summed E-state index contributed by atoms with van der Waals surface area (Å²) in [5, 5.41) is 4.41. The minimum absolute atomic E-state index is 0.266. The molecule has 1 aromatic heterocycles. The van der Waals surface area contributed by atoms with Crippen LogP contribution < -0.4 is 0 Å². The van der Waals surface area contributed by atoms with Gasteiger partial charge in [-0.15, -0.1) is 0 Å². The van der Waals surface area contributed by atoms with E-state index in [1.54, 1.807) is 0 Å². The van der Waals surface area contributed by atoms with Crippen molar-refractivity contribution in [1.29, 1.82) is 0 Å². The first-order valence-corrected chi connectivity index (χ1v) is 9.34. The van der Waals surface area contributed by atoms with Crippen LogP contribution >= 0.6 is 0 Å². The highest BCUT2D eigenvalue weighted by Crippen LogP contribution is 2.29. The Morgan fingerprint density at radius 3 is 2.12 bits per heavy atom. The van der Waals surface area contributed by atoms with Gasteiger partial charge in [0, 0.05) is 46.0 Å². The molecule has 1 aliphatic rings. The third-order valence-corrected chi connectivity index (χ3v) is 5.28. The van der Waals surface area contributed by atoms with Gasteiger partial charge in [0.05, 0.1) is 11.7 Å². The fourth-order valence-electron chi connectivity index (χ4n) is 3.88. The highest BCUT2D eigenvalue weighted by molar-refractivity contribution is 5.28. The first-order chi connectivity index (χ1) is 12.8. The van der Waals surface area contributed by atoms with Crippen LogP contribution in [-0.2, 0) is 13.6 Å². The van der Waals surface area contributed by atoms with Gasteiger partial charge in [0.25, 0.3) is 0 Å². The minimum atomic E-state index is 0.266. The van der Waals surface area contributed by atoms with Crippen molar-refractivity contribution in [3.63, 3.8) is 0 Å². The van der Waals surface area contributed by atoms with Crippen molar-refractivity contribution in [2.45, 2.75) is 12.6 Å². The van der Waals surface area contributed by atoms with E-state index in [-0.39, 0.29) is 6.04 Å². The van der Waals surface area contributed by atoms with Gasteiger partial charge in [-0.25, -0.2) is 0 Å². The molecule has 1 aliphatic heterocycles. The molecule has 0 N–H and O–H groups in total. The Hall–Kier alpha value is -2.43. The predicted octanol–water partition coefficient (Wildman–Crippen LogP) is 3.33. The lowest BCUT2D eigenvalue weighted by atomic mass is 10.0. The molecule has 0 saturated carbocycles. The molecule has 4 rings (SSSR count). The normalized spacial score (nSPS) is 17.3. The summed E-state index contributed by atoms with van der Waals surface area (Å²) in [5.41, 5.74) is 3.99. The number of benzene rings is 2. The maximum absolute atomic E-state index is 4.41. The Kier molecular flexibility index (Phi) is 5.14. The third-order valence-electron chi connectivity index (χ3n) is 5.28. The standard InChI is InChI=1S/C22H26N4/c1-24-21(12-13-23-24)22(20-10-6-3-7-11-20)26-16-14-25(15-17-26)18-19-8-4-2-5-9-19/h2-13,22H,14-18H2,1H3. The SMILES string of the molecule is Cn1nccc1C(c1ccccc1)N1CCN(Cc2ccccc2)CC1. The molecule has 26 heavy (non-hydrogen) atoms. The van der Waals surface area contributed by atoms with Gasteiger partial charge in [0.1, 0.15) is 0 Å². The van der Waals surface area contributed by atoms with Crippen LogP contribution in [0.2, 0.25) is 0 Å². The number of hydrogen-bond donors (Lipinski definition) is 0. The van der Waals surface area contributed by atoms with Crippen molar-refractivity contribution in [1.82, 2.24) is 19.6 Å². The van der Waals surface area contributed by atoms with E-state index in [0.717, 1.165) is 32.7 Å². The largest absolute Gasteiger partial charge is 0.297 e. The Labute approximate surface area is 155 Å². The van der Waals surface area contributed by atoms with Crippen LogP contribution in [0, 0.1) is 0 Å². The summed E-state index contributed by atoms with van der Waals surface area (Å²) in [6.07, 6.45) is 1.90. The molecule has 2 aromatic carbocycles. The summed E-state index contributed by atoms with van der Waals surface area (Å²) in [7, 11) is 2.04. The fraction of sp³-hybridized carbons (Fsp3) is 0.318. The molecule has 2 heterocycles. The smallest absolute Gasteiger partial charge is 0.0774 e. The molecule has 4 heteroatoms. The fourth-order valence-corrected chi connectivity index (χ4v) is 3.88. The van der Waals surface area contributed by atoms with Gasteiger partial charge >= 0.3 is 0 Å². The molecular formula is C22H26N4. The van der Waals surface area contributed by atoms with Crippen molar-refractivity contribution in [3.8, 4) is 0 Å². The van der Waals surface area contributed by atoms with Gasteiger partial charge < -0.3 is 0 Å². The molecule has 0 radical (unpaired) electrons. The van der Waals surface area contributed by atoms with E-state index in [9.17, 15) is 0 Å². The molecule has 134 valence electrons. The molecule has 0 spiro atoms. The maximum atomic E-state index is 4.41. The number of aromatic nitrogens is 2. The van der Waals surface area contributed by atoms with E-state index in [2.05, 4.69) is 81.6 Å². The second-order valence-electron chi connectivity index (χ2n) is 6.99. The number of rotatable bonds is 5. The first-order valence-electron chi connectivity index (χ1n) is 9.34. The third kappa shape index (κ3) is 3.71. The van der Waals surface area contributed by atoms with Crippen LogP contribution in [0.4, 0.5) is 0 Å². The molecule has 0 amide bonds. The lowest BCUT2D eigenvalue weighted by molar-refractivity contribution is 0.102. The first kappa shape index (κ1) is 17.0. The summed E-state index contributed by atoms with van der Waals surface area (Å²) < 4.78 is 2.01. The van der Waals surface area contributed by atoms with Gasteiger partial charge in [-0.05, 0) is 17.2 Å². The van der Waals surface area contributed by atoms with Gasteiger partial charge in [-0.1, -0.05) is 60.7 Å². The van der Waals surface area contributed by atoms with E-state index < -0.39 is 0 Å². The molecule has 0 bridgehead atoms. The lowest BCUT2D eigenvalue weighted by Gasteiger charge is -2.39. The van der Waals surface area contributed by atoms with E-state index in [1.165, 1.54) is 16.8 Å². The average Bonchev–Trinajstić information content (AvgIpc) is 3.11. The molecule has 1 fully saturated rings. The van der Waals surface area contributed by atoms with E-state index in [0.29, 0.717) is 0 Å². The van der Waals surface area contributed by atoms with Crippen molar-refractivity contribution >= 4 is 0 Å². The Morgan fingerprint density at radius 1 is 0.846 bits per heavy atom. The van der Waals surface area contributed by atoms with E-state index in [4.69, 9.17) is 0 Å². The molecular weight excluding hydrogens is 320 g/mol. The zero-order valence-corrected chi connectivity index (χ0v) is 15.3. The van der Waals surface area contributed by atoms with Crippen LogP contribution in [0.1, 0.15) is 22.9 Å².